The topological polar surface area (TPSA) is 92.3 Å². The highest BCUT2D eigenvalue weighted by molar-refractivity contribution is 8.00. The Kier molecular flexibility index (Phi) is 14.3. The van der Waals surface area contributed by atoms with E-state index in [0.29, 0.717) is 119 Å². The monoisotopic (exact) mass is 800 g/mol. The minimum absolute atomic E-state index is 0.434. The van der Waals surface area contributed by atoms with Crippen LogP contribution >= 0.6 is 23.5 Å². The lowest BCUT2D eigenvalue weighted by molar-refractivity contribution is -0.0185. The second-order valence-electron chi connectivity index (χ2n) is 13.4. The molecular formula is C44H48O10S2. The summed E-state index contributed by atoms with van der Waals surface area (Å²) in [6.07, 6.45) is 0. The van der Waals surface area contributed by atoms with Gasteiger partial charge in [-0.25, -0.2) is 0 Å². The molecule has 8 bridgehead atoms. The van der Waals surface area contributed by atoms with Gasteiger partial charge in [-0.2, -0.15) is 0 Å². The molecule has 0 atom stereocenters. The Balaban J connectivity index is 1.23. The highest BCUT2D eigenvalue weighted by Crippen LogP contribution is 2.55. The molecular weight excluding hydrogens is 753 g/mol. The van der Waals surface area contributed by atoms with Gasteiger partial charge >= 0.3 is 0 Å². The third-order valence-electron chi connectivity index (χ3n) is 9.52. The first kappa shape index (κ1) is 39.4. The van der Waals surface area contributed by atoms with Gasteiger partial charge in [0.15, 0.2) is 0 Å². The van der Waals surface area contributed by atoms with E-state index >= 15 is 0 Å². The SMILES string of the molecule is c1cc2c3cc1COCCOCCOCCOCCOCCOCc1ccc4c(c1)/C1=C\3c3cc(ccc3S2)OCCOCCOCCOc2ccc(c1c2)S4. The van der Waals surface area contributed by atoms with Crippen LogP contribution in [0.3, 0.4) is 0 Å². The lowest BCUT2D eigenvalue weighted by atomic mass is 9.84. The summed E-state index contributed by atoms with van der Waals surface area (Å²) in [6.45, 7) is 8.70. The summed E-state index contributed by atoms with van der Waals surface area (Å²) in [7, 11) is 0. The molecule has 0 radical (unpaired) electrons. The largest absolute Gasteiger partial charge is 0.491 e. The minimum Gasteiger partial charge on any atom is -0.491 e. The Morgan fingerprint density at radius 2 is 0.607 bits per heavy atom. The molecule has 4 aliphatic rings. The van der Waals surface area contributed by atoms with Gasteiger partial charge in [0, 0.05) is 30.7 Å². The van der Waals surface area contributed by atoms with Gasteiger partial charge in [0.1, 0.15) is 24.7 Å². The van der Waals surface area contributed by atoms with Gasteiger partial charge in [-0.1, -0.05) is 35.7 Å². The van der Waals surface area contributed by atoms with E-state index in [9.17, 15) is 0 Å². The van der Waals surface area contributed by atoms with Crippen molar-refractivity contribution in [1.29, 1.82) is 0 Å². The predicted molar refractivity (Wildman–Crippen MR) is 214 cm³/mol. The molecule has 0 saturated carbocycles. The van der Waals surface area contributed by atoms with E-state index in [-0.39, 0.29) is 0 Å². The molecule has 0 aliphatic carbocycles. The van der Waals surface area contributed by atoms with Crippen molar-refractivity contribution in [3.63, 3.8) is 0 Å². The maximum Gasteiger partial charge on any atom is 0.120 e. The molecule has 0 amide bonds. The average Bonchev–Trinajstić information content (AvgIpc) is 3.22. The Bertz CT molecular complexity index is 1830. The lowest BCUT2D eigenvalue weighted by Gasteiger charge is -2.30. The second kappa shape index (κ2) is 20.3. The first-order valence-electron chi connectivity index (χ1n) is 19.3. The molecule has 10 nitrogen and oxygen atoms in total. The fourth-order valence-electron chi connectivity index (χ4n) is 6.87. The first-order chi connectivity index (χ1) is 27.8. The maximum absolute atomic E-state index is 6.31. The molecule has 4 aromatic carbocycles. The van der Waals surface area contributed by atoms with Crippen LogP contribution in [0.5, 0.6) is 11.5 Å². The summed E-state index contributed by atoms with van der Waals surface area (Å²) in [5.74, 6) is 1.59. The molecule has 0 N–H and O–H groups in total. The van der Waals surface area contributed by atoms with Gasteiger partial charge in [0.2, 0.25) is 0 Å². The quantitative estimate of drug-likeness (QED) is 0.152. The van der Waals surface area contributed by atoms with Gasteiger partial charge < -0.3 is 47.4 Å². The fourth-order valence-corrected chi connectivity index (χ4v) is 8.97. The predicted octanol–water partition coefficient (Wildman–Crippen LogP) is 7.54. The summed E-state index contributed by atoms with van der Waals surface area (Å²) < 4.78 is 59.3. The van der Waals surface area contributed by atoms with Crippen molar-refractivity contribution >= 4 is 34.7 Å². The van der Waals surface area contributed by atoms with Crippen LogP contribution in [0.4, 0.5) is 0 Å². The number of benzene rings is 4. The highest BCUT2D eigenvalue weighted by atomic mass is 32.2. The molecule has 0 fully saturated rings. The molecule has 4 heterocycles. The number of rotatable bonds is 0. The Morgan fingerprint density at radius 1 is 0.304 bits per heavy atom. The van der Waals surface area contributed by atoms with Crippen LogP contribution in [0, 0.1) is 0 Å². The van der Waals surface area contributed by atoms with E-state index in [1.807, 2.05) is 0 Å². The summed E-state index contributed by atoms with van der Waals surface area (Å²) >= 11 is 3.56. The van der Waals surface area contributed by atoms with Gasteiger partial charge in [0.05, 0.1) is 106 Å². The molecule has 0 aromatic heterocycles. The highest BCUT2D eigenvalue weighted by Gasteiger charge is 2.31. The minimum atomic E-state index is 0.434. The van der Waals surface area contributed by atoms with Crippen LogP contribution in [0.1, 0.15) is 33.4 Å². The second-order valence-corrected chi connectivity index (χ2v) is 15.6. The van der Waals surface area contributed by atoms with Crippen LogP contribution in [-0.4, -0.2) is 106 Å². The van der Waals surface area contributed by atoms with Crippen LogP contribution in [0.2, 0.25) is 0 Å². The molecule has 56 heavy (non-hydrogen) atoms. The number of fused-ring (bicyclic) bond motifs is 4. The average molecular weight is 801 g/mol. The lowest BCUT2D eigenvalue weighted by Crippen LogP contribution is -2.14. The van der Waals surface area contributed by atoms with Crippen molar-refractivity contribution < 1.29 is 47.4 Å². The standard InChI is InChI=1S/C44H48O10S2/c1-5-39-35-25-31(1)29-51-19-17-47-13-11-45-9-10-46-12-14-48-18-20-52-30-32-2-6-40-36(26-32)44-38-28-34(4-8-42(38)56-40)54-24-22-50-16-15-49-21-23-53-33-3-7-41(55-39)37(27-33)43(35)44/h1-8,25-28H,9-24,29-30H2/b44-43-. The van der Waals surface area contributed by atoms with E-state index < -0.39 is 0 Å². The van der Waals surface area contributed by atoms with Gasteiger partial charge in [-0.15, -0.1) is 0 Å². The van der Waals surface area contributed by atoms with E-state index in [0.717, 1.165) is 56.0 Å². The smallest absolute Gasteiger partial charge is 0.120 e. The summed E-state index contributed by atoms with van der Waals surface area (Å²) in [5.41, 5.74) is 8.98. The van der Waals surface area contributed by atoms with E-state index in [2.05, 4.69) is 72.8 Å². The Morgan fingerprint density at radius 3 is 0.982 bits per heavy atom. The summed E-state index contributed by atoms with van der Waals surface area (Å²) in [6, 6.07) is 26.2. The molecule has 0 saturated heterocycles. The van der Waals surface area contributed by atoms with Crippen LogP contribution in [0.25, 0.3) is 11.1 Å². The van der Waals surface area contributed by atoms with E-state index in [1.165, 1.54) is 19.6 Å². The van der Waals surface area contributed by atoms with Crippen molar-refractivity contribution in [2.45, 2.75) is 32.8 Å². The first-order valence-corrected chi connectivity index (χ1v) is 21.0. The van der Waals surface area contributed by atoms with E-state index in [4.69, 9.17) is 47.4 Å². The summed E-state index contributed by atoms with van der Waals surface area (Å²) in [4.78, 5) is 4.69. The van der Waals surface area contributed by atoms with Gasteiger partial charge in [-0.05, 0) is 94.1 Å². The van der Waals surface area contributed by atoms with Crippen molar-refractivity contribution in [3.05, 3.63) is 106 Å². The number of hydrogen-bond acceptors (Lipinski definition) is 12. The van der Waals surface area contributed by atoms with Crippen molar-refractivity contribution in [3.8, 4) is 11.5 Å². The molecule has 4 aliphatic heterocycles. The van der Waals surface area contributed by atoms with Crippen LogP contribution < -0.4 is 9.47 Å². The molecule has 296 valence electrons. The maximum atomic E-state index is 6.31. The Labute approximate surface area is 337 Å². The molecule has 0 unspecified atom stereocenters. The summed E-state index contributed by atoms with van der Waals surface area (Å²) in [5, 5.41) is 0. The zero-order valence-electron chi connectivity index (χ0n) is 31.6. The van der Waals surface area contributed by atoms with E-state index in [1.54, 1.807) is 23.5 Å². The van der Waals surface area contributed by atoms with Crippen LogP contribution in [-0.2, 0) is 51.1 Å². The molecule has 12 heteroatoms. The van der Waals surface area contributed by atoms with Crippen molar-refractivity contribution in [2.75, 3.05) is 106 Å². The van der Waals surface area contributed by atoms with Crippen LogP contribution in [0.15, 0.2) is 92.4 Å². The molecule has 0 spiro atoms. The zero-order valence-corrected chi connectivity index (χ0v) is 33.2. The van der Waals surface area contributed by atoms with Crippen molar-refractivity contribution in [1.82, 2.24) is 0 Å². The number of hydrogen-bond donors (Lipinski definition) is 0. The van der Waals surface area contributed by atoms with Gasteiger partial charge in [0.25, 0.3) is 0 Å². The Hall–Kier alpha value is -3.40. The third-order valence-corrected chi connectivity index (χ3v) is 11.8. The third kappa shape index (κ3) is 10.2. The molecule has 4 aromatic rings. The molecule has 8 rings (SSSR count). The normalized spacial score (nSPS) is 20.7. The zero-order chi connectivity index (χ0) is 37.8. The van der Waals surface area contributed by atoms with Gasteiger partial charge in [-0.3, -0.25) is 0 Å². The number of ether oxygens (including phenoxy) is 10. The fraction of sp³-hybridized carbons (Fsp3) is 0.409. The van der Waals surface area contributed by atoms with Crippen molar-refractivity contribution in [2.24, 2.45) is 0 Å².